The van der Waals surface area contributed by atoms with Crippen LogP contribution < -0.4 is 5.73 Å². The van der Waals surface area contributed by atoms with Gasteiger partial charge in [-0.15, -0.1) is 11.3 Å². The second kappa shape index (κ2) is 4.67. The molecule has 2 N–H and O–H groups in total. The van der Waals surface area contributed by atoms with Gasteiger partial charge < -0.3 is 10.3 Å². The van der Waals surface area contributed by atoms with Gasteiger partial charge in [0.1, 0.15) is 6.04 Å². The maximum Gasteiger partial charge on any atom is 0.248 e. The van der Waals surface area contributed by atoms with E-state index in [1.807, 2.05) is 30.3 Å². The van der Waals surface area contributed by atoms with Crippen LogP contribution in [0, 0.1) is 0 Å². The van der Waals surface area contributed by atoms with Gasteiger partial charge in [0.2, 0.25) is 11.7 Å². The van der Waals surface area contributed by atoms with Crippen molar-refractivity contribution < 1.29 is 4.52 Å². The van der Waals surface area contributed by atoms with E-state index in [9.17, 15) is 0 Å². The highest BCUT2D eigenvalue weighted by atomic mass is 32.1. The molecule has 0 saturated heterocycles. The highest BCUT2D eigenvalue weighted by molar-refractivity contribution is 7.13. The average molecular weight is 258 g/mol. The van der Waals surface area contributed by atoms with Gasteiger partial charge in [-0.25, -0.2) is 0 Å². The maximum absolute atomic E-state index is 6.07. The van der Waals surface area contributed by atoms with Gasteiger partial charge >= 0.3 is 0 Å². The predicted molar refractivity (Wildman–Crippen MR) is 67.9 cm³/mol. The van der Waals surface area contributed by atoms with E-state index in [4.69, 9.17) is 10.3 Å². The van der Waals surface area contributed by atoms with Crippen LogP contribution in [0.15, 0.2) is 46.6 Å². The fraction of sp³-hybridized carbons (Fsp3) is 0.0833. The average Bonchev–Trinajstić information content (AvgIpc) is 3.09. The number of hydrogen-bond acceptors (Lipinski definition) is 6. The van der Waals surface area contributed by atoms with Gasteiger partial charge in [0.25, 0.3) is 0 Å². The molecule has 3 aromatic rings. The number of aromatic nitrogens is 3. The van der Waals surface area contributed by atoms with Crippen LogP contribution in [0.5, 0.6) is 0 Å². The summed E-state index contributed by atoms with van der Waals surface area (Å²) >= 11 is 1.46. The van der Waals surface area contributed by atoms with Crippen LogP contribution in [0.1, 0.15) is 17.5 Å². The molecule has 0 aliphatic carbocycles. The molecule has 5 nitrogen and oxygen atoms in total. The van der Waals surface area contributed by atoms with Crippen molar-refractivity contribution in [3.8, 4) is 10.7 Å². The van der Waals surface area contributed by atoms with Crippen molar-refractivity contribution in [1.82, 2.24) is 15.1 Å². The number of benzene rings is 1. The number of hydrogen-bond donors (Lipinski definition) is 1. The maximum atomic E-state index is 6.07. The first-order valence-electron chi connectivity index (χ1n) is 5.37. The molecular weight excluding hydrogens is 248 g/mol. The fourth-order valence-corrected chi connectivity index (χ4v) is 2.14. The topological polar surface area (TPSA) is 77.8 Å². The Hall–Kier alpha value is -2.05. The van der Waals surface area contributed by atoms with Crippen LogP contribution in [-0.4, -0.2) is 15.1 Å². The zero-order valence-electron chi connectivity index (χ0n) is 9.35. The smallest absolute Gasteiger partial charge is 0.248 e. The molecular formula is C12H10N4OS. The summed E-state index contributed by atoms with van der Waals surface area (Å²) in [7, 11) is 0. The lowest BCUT2D eigenvalue weighted by Gasteiger charge is -2.05. The van der Waals surface area contributed by atoms with Crippen molar-refractivity contribution in [1.29, 1.82) is 0 Å². The molecule has 6 heteroatoms. The SMILES string of the molecule is N[C@H](c1ccccc1)c1nc(-c2cncs2)no1. The first kappa shape index (κ1) is 11.1. The molecule has 0 spiro atoms. The Morgan fingerprint density at radius 1 is 1.22 bits per heavy atom. The predicted octanol–water partition coefficient (Wildman–Crippen LogP) is 2.24. The third kappa shape index (κ3) is 2.03. The van der Waals surface area contributed by atoms with Gasteiger partial charge in [0.05, 0.1) is 10.4 Å². The van der Waals surface area contributed by atoms with Crippen LogP contribution in [0.2, 0.25) is 0 Å². The summed E-state index contributed by atoms with van der Waals surface area (Å²) in [5.41, 5.74) is 8.74. The zero-order chi connectivity index (χ0) is 12.4. The Morgan fingerprint density at radius 3 is 2.78 bits per heavy atom. The highest BCUT2D eigenvalue weighted by Gasteiger charge is 2.17. The zero-order valence-corrected chi connectivity index (χ0v) is 10.2. The molecule has 0 amide bonds. The lowest BCUT2D eigenvalue weighted by atomic mass is 10.1. The molecule has 1 atom stereocenters. The summed E-state index contributed by atoms with van der Waals surface area (Å²) in [6.07, 6.45) is 1.70. The summed E-state index contributed by atoms with van der Waals surface area (Å²) in [5.74, 6) is 0.934. The van der Waals surface area contributed by atoms with Crippen LogP contribution in [0.4, 0.5) is 0 Å². The molecule has 0 saturated carbocycles. The molecule has 0 unspecified atom stereocenters. The summed E-state index contributed by atoms with van der Waals surface area (Å²) in [5, 5.41) is 3.91. The van der Waals surface area contributed by atoms with Crippen molar-refractivity contribution in [2.24, 2.45) is 5.73 Å². The molecule has 0 fully saturated rings. The normalized spacial score (nSPS) is 12.5. The minimum absolute atomic E-state index is 0.402. The molecule has 0 bridgehead atoms. The molecule has 2 heterocycles. The summed E-state index contributed by atoms with van der Waals surface area (Å²) in [6, 6.07) is 9.25. The first-order valence-corrected chi connectivity index (χ1v) is 6.25. The number of nitrogens with zero attached hydrogens (tertiary/aromatic N) is 3. The molecule has 1 aromatic carbocycles. The molecule has 2 aromatic heterocycles. The Labute approximate surface area is 107 Å². The second-order valence-corrected chi connectivity index (χ2v) is 4.60. The molecule has 0 aliphatic rings. The molecule has 3 rings (SSSR count). The minimum Gasteiger partial charge on any atom is -0.337 e. The van der Waals surface area contributed by atoms with E-state index in [-0.39, 0.29) is 0 Å². The Morgan fingerprint density at radius 2 is 2.06 bits per heavy atom. The Bertz CT molecular complexity index is 621. The van der Waals surface area contributed by atoms with Crippen molar-refractivity contribution in [2.45, 2.75) is 6.04 Å². The Balaban J connectivity index is 1.90. The van der Waals surface area contributed by atoms with Gasteiger partial charge in [-0.05, 0) is 5.56 Å². The summed E-state index contributed by atoms with van der Waals surface area (Å²) in [4.78, 5) is 9.14. The molecule has 90 valence electrons. The third-order valence-corrected chi connectivity index (χ3v) is 3.29. The number of rotatable bonds is 3. The number of thiazole rings is 1. The lowest BCUT2D eigenvalue weighted by Crippen LogP contribution is -2.11. The van der Waals surface area contributed by atoms with Gasteiger partial charge in [-0.3, -0.25) is 4.98 Å². The van der Waals surface area contributed by atoms with E-state index in [0.717, 1.165) is 10.4 Å². The van der Waals surface area contributed by atoms with Crippen molar-refractivity contribution in [3.63, 3.8) is 0 Å². The standard InChI is InChI=1S/C12H10N4OS/c13-10(8-4-2-1-3-5-8)12-15-11(16-17-12)9-6-14-7-18-9/h1-7,10H,13H2/t10-/m1/s1. The van der Waals surface area contributed by atoms with Crippen LogP contribution in [0.25, 0.3) is 10.7 Å². The van der Waals surface area contributed by atoms with Crippen LogP contribution >= 0.6 is 11.3 Å². The van der Waals surface area contributed by atoms with Crippen molar-refractivity contribution >= 4 is 11.3 Å². The summed E-state index contributed by atoms with van der Waals surface area (Å²) in [6.45, 7) is 0. The monoisotopic (exact) mass is 258 g/mol. The largest absolute Gasteiger partial charge is 0.337 e. The van der Waals surface area contributed by atoms with Gasteiger partial charge in [-0.1, -0.05) is 35.5 Å². The van der Waals surface area contributed by atoms with E-state index >= 15 is 0 Å². The van der Waals surface area contributed by atoms with Gasteiger partial charge in [0.15, 0.2) is 0 Å². The van der Waals surface area contributed by atoms with E-state index in [1.165, 1.54) is 11.3 Å². The number of nitrogens with two attached hydrogens (primary N) is 1. The van der Waals surface area contributed by atoms with Crippen LogP contribution in [0.3, 0.4) is 0 Å². The minimum atomic E-state index is -0.402. The van der Waals surface area contributed by atoms with E-state index in [2.05, 4.69) is 15.1 Å². The van der Waals surface area contributed by atoms with Crippen LogP contribution in [-0.2, 0) is 0 Å². The fourth-order valence-electron chi connectivity index (χ4n) is 1.59. The quantitative estimate of drug-likeness (QED) is 0.779. The molecule has 0 aliphatic heterocycles. The molecule has 18 heavy (non-hydrogen) atoms. The van der Waals surface area contributed by atoms with Crippen molar-refractivity contribution in [3.05, 3.63) is 53.5 Å². The third-order valence-electron chi connectivity index (χ3n) is 2.52. The Kier molecular flexibility index (Phi) is 2.87. The highest BCUT2D eigenvalue weighted by Crippen LogP contribution is 2.23. The van der Waals surface area contributed by atoms with E-state index < -0.39 is 6.04 Å². The van der Waals surface area contributed by atoms with Gasteiger partial charge in [-0.2, -0.15) is 4.98 Å². The van der Waals surface area contributed by atoms with E-state index in [0.29, 0.717) is 11.7 Å². The van der Waals surface area contributed by atoms with Gasteiger partial charge in [0, 0.05) is 6.20 Å². The molecule has 0 radical (unpaired) electrons. The summed E-state index contributed by atoms with van der Waals surface area (Å²) < 4.78 is 5.20. The first-order chi connectivity index (χ1) is 8.84. The van der Waals surface area contributed by atoms with Crippen molar-refractivity contribution in [2.75, 3.05) is 0 Å². The lowest BCUT2D eigenvalue weighted by molar-refractivity contribution is 0.367. The second-order valence-electron chi connectivity index (χ2n) is 3.71. The van der Waals surface area contributed by atoms with E-state index in [1.54, 1.807) is 11.7 Å².